The largest absolute Gasteiger partial charge is 0.456 e. The zero-order valence-corrected chi connectivity index (χ0v) is 22.3. The third-order valence-electron chi connectivity index (χ3n) is 6.89. The van der Waals surface area contributed by atoms with E-state index in [1.165, 1.54) is 0 Å². The van der Waals surface area contributed by atoms with E-state index < -0.39 is 23.5 Å². The Balaban J connectivity index is 1.75. The Morgan fingerprint density at radius 2 is 1.16 bits per heavy atom. The van der Waals surface area contributed by atoms with Gasteiger partial charge in [0.2, 0.25) is 0 Å². The summed E-state index contributed by atoms with van der Waals surface area (Å²) in [6.45, 7) is 11.9. The van der Waals surface area contributed by atoms with Crippen LogP contribution >= 0.6 is 0 Å². The van der Waals surface area contributed by atoms with E-state index in [0.717, 1.165) is 43.3 Å². The second-order valence-electron chi connectivity index (χ2n) is 11.8. The van der Waals surface area contributed by atoms with E-state index in [-0.39, 0.29) is 5.60 Å². The van der Waals surface area contributed by atoms with Crippen LogP contribution < -0.4 is 0 Å². The number of benzene rings is 5. The lowest BCUT2D eigenvalue weighted by Crippen LogP contribution is -2.24. The minimum absolute atomic E-state index is 0.319. The molecule has 192 valence electrons. The van der Waals surface area contributed by atoms with Gasteiger partial charge in [0.1, 0.15) is 5.60 Å². The number of cyclic esters (lactones) is 2. The summed E-state index contributed by atoms with van der Waals surface area (Å²) in [6, 6.07) is 15.0. The van der Waals surface area contributed by atoms with Crippen molar-refractivity contribution >= 4 is 61.0 Å². The van der Waals surface area contributed by atoms with Crippen LogP contribution in [0.3, 0.4) is 0 Å². The van der Waals surface area contributed by atoms with Crippen molar-refractivity contribution in [3.8, 4) is 0 Å². The molecular formula is C32H28O6. The molecular weight excluding hydrogens is 480 g/mol. The number of hydrogen-bond donors (Lipinski definition) is 0. The van der Waals surface area contributed by atoms with Crippen LogP contribution in [-0.2, 0) is 20.8 Å². The molecule has 5 aromatic carbocycles. The van der Waals surface area contributed by atoms with Gasteiger partial charge in [-0.2, -0.15) is 0 Å². The lowest BCUT2D eigenvalue weighted by atomic mass is 9.84. The van der Waals surface area contributed by atoms with Gasteiger partial charge in [-0.1, -0.05) is 30.3 Å². The maximum Gasteiger partial charge on any atom is 0.346 e. The van der Waals surface area contributed by atoms with Gasteiger partial charge in [0.05, 0.1) is 28.9 Å². The smallest absolute Gasteiger partial charge is 0.346 e. The lowest BCUT2D eigenvalue weighted by Gasteiger charge is -2.24. The Morgan fingerprint density at radius 3 is 1.68 bits per heavy atom. The van der Waals surface area contributed by atoms with Crippen LogP contribution in [0.4, 0.5) is 0 Å². The minimum Gasteiger partial charge on any atom is -0.456 e. The number of ether oxygens (including phenoxy) is 3. The molecule has 0 N–H and O–H groups in total. The molecule has 1 heterocycles. The summed E-state index contributed by atoms with van der Waals surface area (Å²) in [5.74, 6) is -1.68. The van der Waals surface area contributed by atoms with Crippen molar-refractivity contribution in [3.05, 3.63) is 70.8 Å². The summed E-state index contributed by atoms with van der Waals surface area (Å²) in [5.41, 5.74) is 1.08. The predicted octanol–water partition coefficient (Wildman–Crippen LogP) is 7.32. The van der Waals surface area contributed by atoms with Gasteiger partial charge in [-0.25, -0.2) is 14.4 Å². The molecule has 0 bridgehead atoms. The Morgan fingerprint density at radius 1 is 0.658 bits per heavy atom. The van der Waals surface area contributed by atoms with Crippen molar-refractivity contribution < 1.29 is 28.6 Å². The van der Waals surface area contributed by atoms with Crippen LogP contribution in [0.1, 0.15) is 78.2 Å². The summed E-state index contributed by atoms with van der Waals surface area (Å²) in [5, 5.41) is 6.77. The molecule has 38 heavy (non-hydrogen) atoms. The maximum absolute atomic E-state index is 13.4. The second-order valence-corrected chi connectivity index (χ2v) is 11.8. The fourth-order valence-corrected chi connectivity index (χ4v) is 5.41. The third kappa shape index (κ3) is 3.71. The lowest BCUT2D eigenvalue weighted by molar-refractivity contribution is -0.0144. The van der Waals surface area contributed by atoms with Crippen LogP contribution in [0.5, 0.6) is 0 Å². The first-order valence-electron chi connectivity index (χ1n) is 12.7. The van der Waals surface area contributed by atoms with Crippen molar-refractivity contribution in [2.24, 2.45) is 0 Å². The summed E-state index contributed by atoms with van der Waals surface area (Å²) in [6.07, 6.45) is 0. The van der Waals surface area contributed by atoms with Gasteiger partial charge in [-0.3, -0.25) is 0 Å². The molecule has 0 atom stereocenters. The fourth-order valence-electron chi connectivity index (χ4n) is 5.41. The standard InChI is InChI=1S/C32H28O6/c1-31(2,3)36-15-16-7-8-17-19-10-13-22-27-23(29(34)37-28(22)33)14-11-20(26(19)27)18-9-12-21(24(16)25(17)18)30(35)38-32(4,5)6/h7-14H,15H2,1-6H3. The van der Waals surface area contributed by atoms with Crippen molar-refractivity contribution in [2.75, 3.05) is 0 Å². The van der Waals surface area contributed by atoms with E-state index in [9.17, 15) is 14.4 Å². The quantitative estimate of drug-likeness (QED) is 0.110. The molecule has 5 aromatic rings. The van der Waals surface area contributed by atoms with Crippen molar-refractivity contribution in [2.45, 2.75) is 59.4 Å². The number of carbonyl (C=O) groups is 3. The molecule has 0 saturated heterocycles. The highest BCUT2D eigenvalue weighted by Crippen LogP contribution is 2.45. The molecule has 1 aliphatic heterocycles. The van der Waals surface area contributed by atoms with Crippen molar-refractivity contribution in [1.29, 1.82) is 0 Å². The van der Waals surface area contributed by atoms with Gasteiger partial charge in [-0.05, 0) is 97.6 Å². The number of hydrogen-bond acceptors (Lipinski definition) is 6. The SMILES string of the molecule is CC(C)(C)OCc1ccc2c3ccc4c5c(ccc(c6ccc(C(=O)OC(C)(C)C)c1c26)c53)C(=O)OC4=O. The van der Waals surface area contributed by atoms with Gasteiger partial charge in [0.25, 0.3) is 0 Å². The normalized spacial score (nSPS) is 14.2. The first-order chi connectivity index (χ1) is 17.8. The Hall–Kier alpha value is -4.03. The number of fused-ring (bicyclic) bond motifs is 2. The summed E-state index contributed by atoms with van der Waals surface area (Å²) in [4.78, 5) is 38.6. The predicted molar refractivity (Wildman–Crippen MR) is 147 cm³/mol. The topological polar surface area (TPSA) is 78.9 Å². The average Bonchev–Trinajstić information content (AvgIpc) is 2.83. The Kier molecular flexibility index (Phi) is 5.11. The zero-order chi connectivity index (χ0) is 27.1. The maximum atomic E-state index is 13.4. The molecule has 0 radical (unpaired) electrons. The average molecular weight is 509 g/mol. The van der Waals surface area contributed by atoms with Crippen LogP contribution in [0.25, 0.3) is 43.1 Å². The molecule has 6 nitrogen and oxygen atoms in total. The van der Waals surface area contributed by atoms with E-state index in [1.54, 1.807) is 18.2 Å². The third-order valence-corrected chi connectivity index (χ3v) is 6.89. The molecule has 0 aromatic heterocycles. The molecule has 0 spiro atoms. The monoisotopic (exact) mass is 508 g/mol. The summed E-state index contributed by atoms with van der Waals surface area (Å²) >= 11 is 0. The van der Waals surface area contributed by atoms with Gasteiger partial charge < -0.3 is 14.2 Å². The summed E-state index contributed by atoms with van der Waals surface area (Å²) < 4.78 is 16.9. The Bertz CT molecular complexity index is 1760. The number of rotatable bonds is 3. The highest BCUT2D eigenvalue weighted by Gasteiger charge is 2.30. The van der Waals surface area contributed by atoms with Crippen LogP contribution in [0.2, 0.25) is 0 Å². The molecule has 6 heteroatoms. The van der Waals surface area contributed by atoms with Crippen LogP contribution in [0.15, 0.2) is 48.5 Å². The molecule has 1 aliphatic rings. The van der Waals surface area contributed by atoms with Crippen LogP contribution in [-0.4, -0.2) is 29.1 Å². The van der Waals surface area contributed by atoms with E-state index in [0.29, 0.717) is 28.7 Å². The first kappa shape index (κ1) is 24.3. The first-order valence-corrected chi connectivity index (χ1v) is 12.7. The highest BCUT2D eigenvalue weighted by atomic mass is 16.6. The van der Waals surface area contributed by atoms with Gasteiger partial charge in [0.15, 0.2) is 0 Å². The zero-order valence-electron chi connectivity index (χ0n) is 22.3. The molecule has 0 saturated carbocycles. The summed E-state index contributed by atoms with van der Waals surface area (Å²) in [7, 11) is 0. The van der Waals surface area contributed by atoms with E-state index in [2.05, 4.69) is 0 Å². The molecule has 0 amide bonds. The number of esters is 3. The molecule has 0 unspecified atom stereocenters. The number of carbonyl (C=O) groups excluding carboxylic acids is 3. The van der Waals surface area contributed by atoms with Crippen molar-refractivity contribution in [3.63, 3.8) is 0 Å². The van der Waals surface area contributed by atoms with Gasteiger partial charge in [-0.15, -0.1) is 0 Å². The van der Waals surface area contributed by atoms with E-state index in [4.69, 9.17) is 14.2 Å². The van der Waals surface area contributed by atoms with Crippen molar-refractivity contribution in [1.82, 2.24) is 0 Å². The van der Waals surface area contributed by atoms with E-state index in [1.807, 2.05) is 71.9 Å². The minimum atomic E-state index is -0.654. The fraction of sp³-hybridized carbons (Fsp3) is 0.281. The highest BCUT2D eigenvalue weighted by molar-refractivity contribution is 6.38. The van der Waals surface area contributed by atoms with Gasteiger partial charge >= 0.3 is 17.9 Å². The second kappa shape index (κ2) is 7.98. The molecule has 6 rings (SSSR count). The Labute approximate surface area is 219 Å². The molecule has 0 fully saturated rings. The van der Waals surface area contributed by atoms with Gasteiger partial charge in [0, 0.05) is 10.8 Å². The van der Waals surface area contributed by atoms with Crippen LogP contribution in [0, 0.1) is 0 Å². The molecule has 0 aliphatic carbocycles. The van der Waals surface area contributed by atoms with E-state index >= 15 is 0 Å².